The summed E-state index contributed by atoms with van der Waals surface area (Å²) >= 11 is 0. The van der Waals surface area contributed by atoms with Gasteiger partial charge in [0.15, 0.2) is 0 Å². The first-order valence-electron chi connectivity index (χ1n) is 5.34. The molecule has 16 heavy (non-hydrogen) atoms. The minimum atomic E-state index is -0.969. The van der Waals surface area contributed by atoms with Crippen LogP contribution in [-0.4, -0.2) is 30.2 Å². The van der Waals surface area contributed by atoms with E-state index in [1.807, 2.05) is 6.07 Å². The summed E-state index contributed by atoms with van der Waals surface area (Å²) in [6.45, 7) is 3.10. The van der Waals surface area contributed by atoms with E-state index >= 15 is 0 Å². The topological polar surface area (TPSA) is 75.3 Å². The molecule has 1 atom stereocenters. The fraction of sp³-hybridized carbons (Fsp3) is 0.417. The molecule has 1 aromatic carbocycles. The maximum Gasteiger partial charge on any atom is 0.321 e. The third-order valence-electron chi connectivity index (χ3n) is 2.35. The molecule has 1 unspecified atom stereocenters. The number of aliphatic carboxylic acids is 1. The van der Waals surface area contributed by atoms with Crippen LogP contribution in [0.4, 0.5) is 0 Å². The van der Waals surface area contributed by atoms with Gasteiger partial charge in [-0.05, 0) is 25.5 Å². The molecule has 0 aliphatic carbocycles. The molecule has 0 saturated heterocycles. The summed E-state index contributed by atoms with van der Waals surface area (Å²) in [5.41, 5.74) is 7.84. The van der Waals surface area contributed by atoms with Gasteiger partial charge >= 0.3 is 5.97 Å². The number of carboxylic acid groups (broad SMARTS) is 1. The number of rotatable bonds is 6. The lowest BCUT2D eigenvalue weighted by Gasteiger charge is -2.08. The van der Waals surface area contributed by atoms with E-state index in [0.717, 1.165) is 13.0 Å². The third-order valence-corrected chi connectivity index (χ3v) is 2.35. The Bertz CT molecular complexity index is 353. The van der Waals surface area contributed by atoms with E-state index in [0.29, 0.717) is 6.54 Å². The van der Waals surface area contributed by atoms with E-state index in [9.17, 15) is 4.79 Å². The van der Waals surface area contributed by atoms with Crippen LogP contribution in [-0.2, 0) is 11.2 Å². The first-order valence-corrected chi connectivity index (χ1v) is 5.34. The lowest BCUT2D eigenvalue weighted by Crippen LogP contribution is -2.40. The molecular weight excluding hydrogens is 204 g/mol. The highest BCUT2D eigenvalue weighted by atomic mass is 16.4. The van der Waals surface area contributed by atoms with Crippen LogP contribution in [0.25, 0.3) is 0 Å². The number of nitrogens with two attached hydrogens (primary N) is 1. The van der Waals surface area contributed by atoms with Crippen molar-refractivity contribution in [3.63, 3.8) is 0 Å². The molecule has 4 heteroatoms. The van der Waals surface area contributed by atoms with Crippen LogP contribution in [0.3, 0.4) is 0 Å². The molecule has 0 saturated carbocycles. The summed E-state index contributed by atoms with van der Waals surface area (Å²) in [5.74, 6) is -0.969. The molecule has 0 heterocycles. The molecule has 0 amide bonds. The minimum absolute atomic E-state index is 0.307. The Hall–Kier alpha value is -1.39. The van der Waals surface area contributed by atoms with E-state index in [1.165, 1.54) is 11.1 Å². The Morgan fingerprint density at radius 1 is 1.56 bits per heavy atom. The zero-order chi connectivity index (χ0) is 12.0. The summed E-state index contributed by atoms with van der Waals surface area (Å²) in [5, 5.41) is 11.6. The zero-order valence-corrected chi connectivity index (χ0v) is 9.44. The van der Waals surface area contributed by atoms with Gasteiger partial charge < -0.3 is 16.2 Å². The number of nitrogens with one attached hydrogen (secondary N) is 1. The van der Waals surface area contributed by atoms with Gasteiger partial charge in [0.05, 0.1) is 0 Å². The number of carbonyl (C=O) groups is 1. The second-order valence-electron chi connectivity index (χ2n) is 3.89. The molecule has 1 aromatic rings. The highest BCUT2D eigenvalue weighted by Crippen LogP contribution is 2.03. The quantitative estimate of drug-likeness (QED) is 0.614. The number of benzene rings is 1. The largest absolute Gasteiger partial charge is 0.480 e. The van der Waals surface area contributed by atoms with Crippen LogP contribution in [0.1, 0.15) is 11.1 Å². The Labute approximate surface area is 95.5 Å². The highest BCUT2D eigenvalue weighted by Gasteiger charge is 2.09. The van der Waals surface area contributed by atoms with Crippen LogP contribution >= 0.6 is 0 Å². The first kappa shape index (κ1) is 12.7. The van der Waals surface area contributed by atoms with E-state index in [1.54, 1.807) is 0 Å². The van der Waals surface area contributed by atoms with Gasteiger partial charge in [-0.2, -0.15) is 0 Å². The normalized spacial score (nSPS) is 12.4. The average Bonchev–Trinajstić information content (AvgIpc) is 2.24. The van der Waals surface area contributed by atoms with Crippen LogP contribution in [0.15, 0.2) is 24.3 Å². The molecular formula is C12H18N2O2. The standard InChI is InChI=1S/C12H18N2O2/c1-9-3-2-4-10(7-9)5-6-14-8-11(13)12(15)16/h2-4,7,11,14H,5-6,8,13H2,1H3,(H,15,16). The average molecular weight is 222 g/mol. The minimum Gasteiger partial charge on any atom is -0.480 e. The molecule has 88 valence electrons. The second-order valence-corrected chi connectivity index (χ2v) is 3.89. The first-order chi connectivity index (χ1) is 7.59. The van der Waals surface area contributed by atoms with Gasteiger partial charge in [0.2, 0.25) is 0 Å². The smallest absolute Gasteiger partial charge is 0.321 e. The molecule has 4 nitrogen and oxygen atoms in total. The van der Waals surface area contributed by atoms with Crippen molar-refractivity contribution in [3.8, 4) is 0 Å². The van der Waals surface area contributed by atoms with E-state index < -0.39 is 12.0 Å². The molecule has 0 spiro atoms. The van der Waals surface area contributed by atoms with Gasteiger partial charge in [-0.15, -0.1) is 0 Å². The van der Waals surface area contributed by atoms with Crippen molar-refractivity contribution in [2.75, 3.05) is 13.1 Å². The van der Waals surface area contributed by atoms with Crippen molar-refractivity contribution >= 4 is 5.97 Å². The van der Waals surface area contributed by atoms with Crippen molar-refractivity contribution in [1.82, 2.24) is 5.32 Å². The van der Waals surface area contributed by atoms with Crippen molar-refractivity contribution in [3.05, 3.63) is 35.4 Å². The molecule has 0 aromatic heterocycles. The third kappa shape index (κ3) is 4.42. The van der Waals surface area contributed by atoms with Crippen LogP contribution < -0.4 is 11.1 Å². The number of aryl methyl sites for hydroxylation is 1. The van der Waals surface area contributed by atoms with Gasteiger partial charge in [0, 0.05) is 6.54 Å². The zero-order valence-electron chi connectivity index (χ0n) is 9.44. The molecule has 0 radical (unpaired) electrons. The van der Waals surface area contributed by atoms with Crippen molar-refractivity contribution < 1.29 is 9.90 Å². The maximum atomic E-state index is 10.4. The summed E-state index contributed by atoms with van der Waals surface area (Å²) < 4.78 is 0. The predicted molar refractivity (Wildman–Crippen MR) is 63.4 cm³/mol. The Balaban J connectivity index is 2.23. The molecule has 0 aliphatic rings. The Kier molecular flexibility index (Phi) is 4.95. The maximum absolute atomic E-state index is 10.4. The van der Waals surface area contributed by atoms with Crippen molar-refractivity contribution in [2.45, 2.75) is 19.4 Å². The lowest BCUT2D eigenvalue weighted by atomic mass is 10.1. The monoisotopic (exact) mass is 222 g/mol. The SMILES string of the molecule is Cc1cccc(CCNCC(N)C(=O)O)c1. The Morgan fingerprint density at radius 3 is 2.94 bits per heavy atom. The Morgan fingerprint density at radius 2 is 2.31 bits per heavy atom. The van der Waals surface area contributed by atoms with E-state index in [2.05, 4.69) is 30.4 Å². The van der Waals surface area contributed by atoms with E-state index in [4.69, 9.17) is 10.8 Å². The van der Waals surface area contributed by atoms with Gasteiger partial charge in [-0.1, -0.05) is 29.8 Å². The number of hydrogen-bond donors (Lipinski definition) is 3. The van der Waals surface area contributed by atoms with Gasteiger partial charge in [-0.25, -0.2) is 0 Å². The highest BCUT2D eigenvalue weighted by molar-refractivity contribution is 5.73. The molecule has 0 fully saturated rings. The summed E-state index contributed by atoms with van der Waals surface area (Å²) in [4.78, 5) is 10.4. The summed E-state index contributed by atoms with van der Waals surface area (Å²) in [7, 11) is 0. The van der Waals surface area contributed by atoms with Crippen LogP contribution in [0.5, 0.6) is 0 Å². The molecule has 0 bridgehead atoms. The van der Waals surface area contributed by atoms with Gasteiger partial charge in [0.25, 0.3) is 0 Å². The molecule has 4 N–H and O–H groups in total. The van der Waals surface area contributed by atoms with Crippen molar-refractivity contribution in [2.24, 2.45) is 5.73 Å². The molecule has 0 aliphatic heterocycles. The number of carboxylic acids is 1. The second kappa shape index (κ2) is 6.25. The lowest BCUT2D eigenvalue weighted by molar-refractivity contribution is -0.138. The summed E-state index contributed by atoms with van der Waals surface area (Å²) in [6, 6.07) is 7.44. The summed E-state index contributed by atoms with van der Waals surface area (Å²) in [6.07, 6.45) is 0.883. The van der Waals surface area contributed by atoms with Gasteiger partial charge in [0.1, 0.15) is 6.04 Å². The molecule has 1 rings (SSSR count). The van der Waals surface area contributed by atoms with Crippen LogP contribution in [0.2, 0.25) is 0 Å². The number of hydrogen-bond acceptors (Lipinski definition) is 3. The van der Waals surface area contributed by atoms with Gasteiger partial charge in [-0.3, -0.25) is 4.79 Å². The fourth-order valence-corrected chi connectivity index (χ4v) is 1.45. The fourth-order valence-electron chi connectivity index (χ4n) is 1.45. The predicted octanol–water partition coefficient (Wildman–Crippen LogP) is 0.539. The van der Waals surface area contributed by atoms with Crippen LogP contribution in [0, 0.1) is 6.92 Å². The van der Waals surface area contributed by atoms with E-state index in [-0.39, 0.29) is 0 Å². The van der Waals surface area contributed by atoms with Crippen molar-refractivity contribution in [1.29, 1.82) is 0 Å².